The molecule has 0 radical (unpaired) electrons. The highest BCUT2D eigenvalue weighted by Crippen LogP contribution is 2.18. The summed E-state index contributed by atoms with van der Waals surface area (Å²) in [5.41, 5.74) is 3.60. The summed E-state index contributed by atoms with van der Waals surface area (Å²) in [6.07, 6.45) is 0.905. The van der Waals surface area contributed by atoms with Gasteiger partial charge in [0, 0.05) is 32.2 Å². The van der Waals surface area contributed by atoms with Gasteiger partial charge in [0.1, 0.15) is 5.75 Å². The molecule has 2 aromatic carbocycles. The van der Waals surface area contributed by atoms with E-state index in [0.29, 0.717) is 19.0 Å². The number of aliphatic imine (C=N–C) groups is 1. The van der Waals surface area contributed by atoms with Gasteiger partial charge >= 0.3 is 0 Å². The van der Waals surface area contributed by atoms with Crippen LogP contribution in [0.25, 0.3) is 0 Å². The SMILES string of the molecule is CN=C(NCC(=O)N1CCc2ccccc2C1)NCc1ccccc1OC. The van der Waals surface area contributed by atoms with Gasteiger partial charge in [0.15, 0.2) is 5.96 Å². The highest BCUT2D eigenvalue weighted by molar-refractivity contribution is 5.86. The fourth-order valence-corrected chi connectivity index (χ4v) is 3.23. The Labute approximate surface area is 160 Å². The van der Waals surface area contributed by atoms with Crippen molar-refractivity contribution in [1.82, 2.24) is 15.5 Å². The highest BCUT2D eigenvalue weighted by atomic mass is 16.5. The molecule has 142 valence electrons. The number of hydrogen-bond acceptors (Lipinski definition) is 3. The number of carbonyl (C=O) groups is 1. The van der Waals surface area contributed by atoms with Crippen molar-refractivity contribution < 1.29 is 9.53 Å². The zero-order chi connectivity index (χ0) is 19.1. The van der Waals surface area contributed by atoms with Crippen LogP contribution in [0, 0.1) is 0 Å². The highest BCUT2D eigenvalue weighted by Gasteiger charge is 2.20. The number of carbonyl (C=O) groups excluding carboxylic acids is 1. The number of fused-ring (bicyclic) bond motifs is 1. The summed E-state index contributed by atoms with van der Waals surface area (Å²) in [7, 11) is 3.35. The van der Waals surface area contributed by atoms with Crippen molar-refractivity contribution in [3.05, 3.63) is 65.2 Å². The molecule has 0 fully saturated rings. The molecule has 3 rings (SSSR count). The second kappa shape index (κ2) is 9.07. The first-order chi connectivity index (χ1) is 13.2. The lowest BCUT2D eigenvalue weighted by molar-refractivity contribution is -0.130. The summed E-state index contributed by atoms with van der Waals surface area (Å²) in [6.45, 7) is 2.21. The number of amides is 1. The number of nitrogens with one attached hydrogen (secondary N) is 2. The number of nitrogens with zero attached hydrogens (tertiary/aromatic N) is 2. The van der Waals surface area contributed by atoms with Gasteiger partial charge in [-0.3, -0.25) is 9.79 Å². The van der Waals surface area contributed by atoms with Crippen molar-refractivity contribution in [3.63, 3.8) is 0 Å². The van der Waals surface area contributed by atoms with Gasteiger partial charge in [-0.2, -0.15) is 0 Å². The molecule has 2 N–H and O–H groups in total. The number of rotatable bonds is 5. The van der Waals surface area contributed by atoms with Gasteiger partial charge in [-0.25, -0.2) is 0 Å². The first kappa shape index (κ1) is 18.8. The zero-order valence-electron chi connectivity index (χ0n) is 15.9. The van der Waals surface area contributed by atoms with Crippen LogP contribution in [0.1, 0.15) is 16.7 Å². The summed E-state index contributed by atoms with van der Waals surface area (Å²) in [6, 6.07) is 16.1. The van der Waals surface area contributed by atoms with Crippen LogP contribution in [0.4, 0.5) is 0 Å². The van der Waals surface area contributed by atoms with E-state index in [9.17, 15) is 4.79 Å². The molecule has 0 bridgehead atoms. The second-order valence-electron chi connectivity index (χ2n) is 6.43. The smallest absolute Gasteiger partial charge is 0.242 e. The molecule has 0 atom stereocenters. The Bertz CT molecular complexity index is 819. The maximum absolute atomic E-state index is 12.6. The van der Waals surface area contributed by atoms with Gasteiger partial charge in [0.25, 0.3) is 0 Å². The lowest BCUT2D eigenvalue weighted by Crippen LogP contribution is -2.45. The van der Waals surface area contributed by atoms with Crippen molar-refractivity contribution >= 4 is 11.9 Å². The molecule has 0 saturated heterocycles. The summed E-state index contributed by atoms with van der Waals surface area (Å²) >= 11 is 0. The largest absolute Gasteiger partial charge is 0.496 e. The third-order valence-electron chi connectivity index (χ3n) is 4.75. The zero-order valence-corrected chi connectivity index (χ0v) is 15.9. The molecule has 0 saturated carbocycles. The maximum Gasteiger partial charge on any atom is 0.242 e. The summed E-state index contributed by atoms with van der Waals surface area (Å²) < 4.78 is 5.36. The molecule has 1 amide bonds. The van der Waals surface area contributed by atoms with Crippen LogP contribution < -0.4 is 15.4 Å². The van der Waals surface area contributed by atoms with Crippen molar-refractivity contribution in [1.29, 1.82) is 0 Å². The monoisotopic (exact) mass is 366 g/mol. The number of methoxy groups -OCH3 is 1. The average Bonchev–Trinajstić information content (AvgIpc) is 2.73. The fourth-order valence-electron chi connectivity index (χ4n) is 3.23. The average molecular weight is 366 g/mol. The Morgan fingerprint density at radius 2 is 1.85 bits per heavy atom. The molecule has 1 aliphatic rings. The van der Waals surface area contributed by atoms with Crippen molar-refractivity contribution in [3.8, 4) is 5.75 Å². The van der Waals surface area contributed by atoms with E-state index >= 15 is 0 Å². The summed E-state index contributed by atoms with van der Waals surface area (Å²) in [4.78, 5) is 18.6. The maximum atomic E-state index is 12.6. The third kappa shape index (κ3) is 4.78. The lowest BCUT2D eigenvalue weighted by Gasteiger charge is -2.29. The van der Waals surface area contributed by atoms with E-state index in [-0.39, 0.29) is 12.5 Å². The van der Waals surface area contributed by atoms with Crippen LogP contribution in [-0.2, 0) is 24.3 Å². The predicted octanol–water partition coefficient (Wildman–Crippen LogP) is 1.95. The van der Waals surface area contributed by atoms with Gasteiger partial charge in [0.2, 0.25) is 5.91 Å². The number of guanidine groups is 1. The Kier molecular flexibility index (Phi) is 6.30. The van der Waals surface area contributed by atoms with Gasteiger partial charge in [-0.15, -0.1) is 0 Å². The molecule has 6 heteroatoms. The minimum atomic E-state index is 0.0738. The van der Waals surface area contributed by atoms with Crippen LogP contribution in [0.5, 0.6) is 5.75 Å². The summed E-state index contributed by atoms with van der Waals surface area (Å²) in [5.74, 6) is 1.49. The van der Waals surface area contributed by atoms with E-state index in [2.05, 4.69) is 33.8 Å². The Morgan fingerprint density at radius 3 is 2.63 bits per heavy atom. The Hall–Kier alpha value is -3.02. The van der Waals surface area contributed by atoms with Crippen LogP contribution in [0.2, 0.25) is 0 Å². The van der Waals surface area contributed by atoms with Crippen LogP contribution in [0.15, 0.2) is 53.5 Å². The first-order valence-corrected chi connectivity index (χ1v) is 9.12. The number of hydrogen-bond donors (Lipinski definition) is 2. The molecule has 1 aliphatic heterocycles. The second-order valence-corrected chi connectivity index (χ2v) is 6.43. The van der Waals surface area contributed by atoms with Gasteiger partial charge in [-0.1, -0.05) is 42.5 Å². The molecule has 6 nitrogen and oxygen atoms in total. The quantitative estimate of drug-likeness (QED) is 0.627. The van der Waals surface area contributed by atoms with E-state index in [1.807, 2.05) is 35.2 Å². The molecule has 0 spiro atoms. The minimum absolute atomic E-state index is 0.0738. The van der Waals surface area contributed by atoms with Crippen molar-refractivity contribution in [2.45, 2.75) is 19.5 Å². The normalized spacial score (nSPS) is 13.7. The number of benzene rings is 2. The molecular weight excluding hydrogens is 340 g/mol. The first-order valence-electron chi connectivity index (χ1n) is 9.12. The Balaban J connectivity index is 1.50. The topological polar surface area (TPSA) is 66.0 Å². The van der Waals surface area contributed by atoms with Gasteiger partial charge in [0.05, 0.1) is 13.7 Å². The van der Waals surface area contributed by atoms with Crippen LogP contribution >= 0.6 is 0 Å². The van der Waals surface area contributed by atoms with Gasteiger partial charge < -0.3 is 20.3 Å². The number of para-hydroxylation sites is 1. The molecule has 27 heavy (non-hydrogen) atoms. The molecule has 1 heterocycles. The van der Waals surface area contributed by atoms with E-state index in [0.717, 1.165) is 24.3 Å². The van der Waals surface area contributed by atoms with E-state index in [1.54, 1.807) is 14.2 Å². The van der Waals surface area contributed by atoms with E-state index in [4.69, 9.17) is 4.74 Å². The van der Waals surface area contributed by atoms with Crippen LogP contribution in [-0.4, -0.2) is 44.0 Å². The molecule has 2 aromatic rings. The Morgan fingerprint density at radius 1 is 1.11 bits per heavy atom. The molecule has 0 aromatic heterocycles. The molecular formula is C21H26N4O2. The minimum Gasteiger partial charge on any atom is -0.496 e. The number of ether oxygens (including phenoxy) is 1. The predicted molar refractivity (Wildman–Crippen MR) is 107 cm³/mol. The van der Waals surface area contributed by atoms with Crippen molar-refractivity contribution in [2.24, 2.45) is 4.99 Å². The standard InChI is InChI=1S/C21H26N4O2/c1-22-21(23-13-17-8-5-6-10-19(17)27-2)24-14-20(26)25-12-11-16-7-3-4-9-18(16)15-25/h3-10H,11-15H2,1-2H3,(H2,22,23,24). The van der Waals surface area contributed by atoms with E-state index in [1.165, 1.54) is 11.1 Å². The fraction of sp³-hybridized carbons (Fsp3) is 0.333. The lowest BCUT2D eigenvalue weighted by atomic mass is 10.00. The van der Waals surface area contributed by atoms with Crippen molar-refractivity contribution in [2.75, 3.05) is 27.2 Å². The molecule has 0 aliphatic carbocycles. The van der Waals surface area contributed by atoms with Gasteiger partial charge in [-0.05, 0) is 23.6 Å². The third-order valence-corrected chi connectivity index (χ3v) is 4.75. The molecule has 0 unspecified atom stereocenters. The van der Waals surface area contributed by atoms with Crippen LogP contribution in [0.3, 0.4) is 0 Å². The summed E-state index contributed by atoms with van der Waals surface area (Å²) in [5, 5.41) is 6.33. The van der Waals surface area contributed by atoms with E-state index < -0.39 is 0 Å².